The summed E-state index contributed by atoms with van der Waals surface area (Å²) in [6.45, 7) is 0. The Morgan fingerprint density at radius 2 is 2.11 bits per heavy atom. The Balaban J connectivity index is 2.52. The molecule has 0 saturated heterocycles. The number of aromatic nitrogens is 1. The Labute approximate surface area is 107 Å². The summed E-state index contributed by atoms with van der Waals surface area (Å²) in [4.78, 5) is 25.1. The molecule has 0 aliphatic heterocycles. The maximum atomic E-state index is 11.1. The molecule has 0 spiro atoms. The van der Waals surface area contributed by atoms with Gasteiger partial charge < -0.3 is 9.84 Å². The van der Waals surface area contributed by atoms with Crippen molar-refractivity contribution in [1.29, 1.82) is 0 Å². The maximum Gasteiger partial charge on any atom is 0.339 e. The number of hydrogen-bond donors (Lipinski definition) is 1. The molecular weight excluding hydrogens is 252 g/mol. The average molecular weight is 260 g/mol. The van der Waals surface area contributed by atoms with E-state index in [4.69, 9.17) is 9.84 Å². The second-order valence-corrected chi connectivity index (χ2v) is 3.51. The monoisotopic (exact) mass is 260 g/mol. The Morgan fingerprint density at radius 1 is 1.32 bits per heavy atom. The van der Waals surface area contributed by atoms with E-state index in [2.05, 4.69) is 4.98 Å². The van der Waals surface area contributed by atoms with Crippen LogP contribution in [0.4, 0.5) is 5.69 Å². The first-order valence-corrected chi connectivity index (χ1v) is 5.18. The molecule has 96 valence electrons. The van der Waals surface area contributed by atoms with Crippen molar-refractivity contribution < 1.29 is 19.6 Å². The van der Waals surface area contributed by atoms with Gasteiger partial charge in [-0.15, -0.1) is 0 Å². The number of nitrogens with zero attached hydrogens (tertiary/aromatic N) is 2. The smallest absolute Gasteiger partial charge is 0.339 e. The second kappa shape index (κ2) is 5.13. The van der Waals surface area contributed by atoms with E-state index in [9.17, 15) is 14.9 Å². The van der Waals surface area contributed by atoms with Gasteiger partial charge in [0.25, 0.3) is 0 Å². The van der Waals surface area contributed by atoms with Crippen LogP contribution in [0, 0.1) is 10.1 Å². The molecule has 19 heavy (non-hydrogen) atoms. The molecule has 7 nitrogen and oxygen atoms in total. The van der Waals surface area contributed by atoms with E-state index in [1.807, 2.05) is 0 Å². The van der Waals surface area contributed by atoms with Crippen LogP contribution in [0.2, 0.25) is 0 Å². The highest BCUT2D eigenvalue weighted by Gasteiger charge is 2.23. The van der Waals surface area contributed by atoms with E-state index in [0.717, 1.165) is 0 Å². The second-order valence-electron chi connectivity index (χ2n) is 3.51. The van der Waals surface area contributed by atoms with Gasteiger partial charge in [0.05, 0.1) is 11.1 Å². The minimum absolute atomic E-state index is 0.222. The summed E-state index contributed by atoms with van der Waals surface area (Å²) in [5, 5.41) is 19.9. The molecule has 0 saturated carbocycles. The number of rotatable bonds is 4. The molecule has 1 aromatic carbocycles. The van der Waals surface area contributed by atoms with Gasteiger partial charge in [0.2, 0.25) is 5.75 Å². The number of hydrogen-bond acceptors (Lipinski definition) is 5. The van der Waals surface area contributed by atoms with Crippen molar-refractivity contribution in [2.45, 2.75) is 0 Å². The normalized spacial score (nSPS) is 9.89. The maximum absolute atomic E-state index is 11.1. The van der Waals surface area contributed by atoms with E-state index in [1.54, 1.807) is 6.07 Å². The number of para-hydroxylation sites is 1. The van der Waals surface area contributed by atoms with Crippen molar-refractivity contribution in [3.05, 3.63) is 58.4 Å². The van der Waals surface area contributed by atoms with Crippen LogP contribution in [0.3, 0.4) is 0 Å². The third-order valence-electron chi connectivity index (χ3n) is 2.28. The molecular formula is C12H8N2O5. The van der Waals surface area contributed by atoms with Gasteiger partial charge >= 0.3 is 11.7 Å². The molecule has 0 atom stereocenters. The molecule has 7 heteroatoms. The topological polar surface area (TPSA) is 103 Å². The number of pyridine rings is 1. The molecule has 0 radical (unpaired) electrons. The summed E-state index contributed by atoms with van der Waals surface area (Å²) in [6, 6.07) is 6.80. The minimum atomic E-state index is -1.30. The highest BCUT2D eigenvalue weighted by molar-refractivity contribution is 5.92. The van der Waals surface area contributed by atoms with E-state index in [-0.39, 0.29) is 17.1 Å². The number of benzene rings is 1. The number of aromatic carboxylic acids is 1. The molecule has 0 amide bonds. The summed E-state index contributed by atoms with van der Waals surface area (Å²) in [5.74, 6) is -1.39. The number of carboxylic acid groups (broad SMARTS) is 1. The van der Waals surface area contributed by atoms with E-state index >= 15 is 0 Å². The van der Waals surface area contributed by atoms with Crippen LogP contribution in [-0.2, 0) is 0 Å². The van der Waals surface area contributed by atoms with Crippen molar-refractivity contribution in [3.63, 3.8) is 0 Å². The third kappa shape index (κ3) is 2.65. The summed E-state index contributed by atoms with van der Waals surface area (Å²) in [7, 11) is 0. The lowest BCUT2D eigenvalue weighted by atomic mass is 10.1. The van der Waals surface area contributed by atoms with Crippen LogP contribution in [-0.4, -0.2) is 21.0 Å². The number of nitro groups is 1. The van der Waals surface area contributed by atoms with E-state index in [0.29, 0.717) is 0 Å². The number of nitro benzene ring substituents is 1. The molecule has 0 aliphatic rings. The van der Waals surface area contributed by atoms with Gasteiger partial charge in [0.1, 0.15) is 11.3 Å². The number of carboxylic acids is 1. The Hall–Kier alpha value is -2.96. The van der Waals surface area contributed by atoms with E-state index < -0.39 is 16.6 Å². The van der Waals surface area contributed by atoms with Crippen LogP contribution in [0.15, 0.2) is 42.7 Å². The lowest BCUT2D eigenvalue weighted by molar-refractivity contribution is -0.385. The predicted octanol–water partition coefficient (Wildman–Crippen LogP) is 2.48. The third-order valence-corrected chi connectivity index (χ3v) is 2.28. The summed E-state index contributed by atoms with van der Waals surface area (Å²) in [6.07, 6.45) is 2.84. The van der Waals surface area contributed by atoms with Gasteiger partial charge in [0, 0.05) is 12.3 Å². The average Bonchev–Trinajstić information content (AvgIpc) is 2.39. The standard InChI is InChI=1S/C12H8N2O5/c15-12(16)9-4-1-5-10(14(17)18)11(9)19-8-3-2-6-13-7-8/h1-7H,(H,15,16). The first kappa shape index (κ1) is 12.5. The van der Waals surface area contributed by atoms with Gasteiger partial charge in [-0.3, -0.25) is 15.1 Å². The molecule has 2 rings (SSSR count). The van der Waals surface area contributed by atoms with Crippen molar-refractivity contribution in [2.24, 2.45) is 0 Å². The van der Waals surface area contributed by atoms with Gasteiger partial charge in [-0.25, -0.2) is 4.79 Å². The highest BCUT2D eigenvalue weighted by atomic mass is 16.6. The largest absolute Gasteiger partial charge is 0.478 e. The Morgan fingerprint density at radius 3 is 2.68 bits per heavy atom. The highest BCUT2D eigenvalue weighted by Crippen LogP contribution is 2.34. The molecule has 1 heterocycles. The van der Waals surface area contributed by atoms with Crippen molar-refractivity contribution in [2.75, 3.05) is 0 Å². The fraction of sp³-hybridized carbons (Fsp3) is 0. The lowest BCUT2D eigenvalue weighted by Gasteiger charge is -2.08. The van der Waals surface area contributed by atoms with Crippen molar-refractivity contribution in [3.8, 4) is 11.5 Å². The predicted molar refractivity (Wildman–Crippen MR) is 64.4 cm³/mol. The number of carbonyl (C=O) groups is 1. The van der Waals surface area contributed by atoms with Gasteiger partial charge in [-0.05, 0) is 18.2 Å². The Bertz CT molecular complexity index is 595. The lowest BCUT2D eigenvalue weighted by Crippen LogP contribution is -2.03. The first-order valence-electron chi connectivity index (χ1n) is 5.18. The molecule has 0 unspecified atom stereocenters. The van der Waals surface area contributed by atoms with Gasteiger partial charge in [-0.2, -0.15) is 0 Å². The van der Waals surface area contributed by atoms with Crippen LogP contribution < -0.4 is 4.74 Å². The minimum Gasteiger partial charge on any atom is -0.478 e. The Kier molecular flexibility index (Phi) is 3.37. The zero-order valence-electron chi connectivity index (χ0n) is 9.52. The first-order chi connectivity index (χ1) is 9.09. The molecule has 1 aromatic heterocycles. The quantitative estimate of drug-likeness (QED) is 0.669. The fourth-order valence-electron chi connectivity index (χ4n) is 1.47. The van der Waals surface area contributed by atoms with Crippen LogP contribution in [0.5, 0.6) is 11.5 Å². The molecule has 2 aromatic rings. The van der Waals surface area contributed by atoms with Crippen LogP contribution in [0.25, 0.3) is 0 Å². The molecule has 0 bridgehead atoms. The SMILES string of the molecule is O=C(O)c1cccc([N+](=O)[O-])c1Oc1cccnc1. The van der Waals surface area contributed by atoms with Crippen LogP contribution >= 0.6 is 0 Å². The van der Waals surface area contributed by atoms with E-state index in [1.165, 1.54) is 36.7 Å². The zero-order chi connectivity index (χ0) is 13.8. The number of ether oxygens (including phenoxy) is 1. The molecule has 1 N–H and O–H groups in total. The molecule has 0 aliphatic carbocycles. The zero-order valence-corrected chi connectivity index (χ0v) is 9.52. The van der Waals surface area contributed by atoms with Gasteiger partial charge in [-0.1, -0.05) is 6.07 Å². The molecule has 0 fully saturated rings. The fourth-order valence-corrected chi connectivity index (χ4v) is 1.47. The van der Waals surface area contributed by atoms with Crippen LogP contribution in [0.1, 0.15) is 10.4 Å². The van der Waals surface area contributed by atoms with Gasteiger partial charge in [0.15, 0.2) is 0 Å². The van der Waals surface area contributed by atoms with Crippen molar-refractivity contribution in [1.82, 2.24) is 4.98 Å². The summed E-state index contributed by atoms with van der Waals surface area (Å²) in [5.41, 5.74) is -0.693. The summed E-state index contributed by atoms with van der Waals surface area (Å²) >= 11 is 0. The summed E-state index contributed by atoms with van der Waals surface area (Å²) < 4.78 is 5.28. The van der Waals surface area contributed by atoms with Crippen molar-refractivity contribution >= 4 is 11.7 Å².